The van der Waals surface area contributed by atoms with Gasteiger partial charge in [0.05, 0.1) is 39.3 Å². The van der Waals surface area contributed by atoms with E-state index in [0.29, 0.717) is 49.2 Å². The summed E-state index contributed by atoms with van der Waals surface area (Å²) in [5.41, 5.74) is 0.745. The van der Waals surface area contributed by atoms with Crippen molar-refractivity contribution in [3.05, 3.63) is 30.1 Å². The quantitative estimate of drug-likeness (QED) is 0.324. The summed E-state index contributed by atoms with van der Waals surface area (Å²) < 4.78 is 24.5. The fourth-order valence-corrected chi connectivity index (χ4v) is 4.70. The number of nitrogens with one attached hydrogen (secondary N) is 2. The lowest BCUT2D eigenvalue weighted by Gasteiger charge is -2.26. The molecule has 14 nitrogen and oxygen atoms in total. The minimum absolute atomic E-state index is 0.183. The molecule has 0 saturated carbocycles. The molecule has 3 aromatic rings. The molecule has 41 heavy (non-hydrogen) atoms. The standard InChI is InChI=1S/C27H37N9O5/c1-34(2)10-7-29-25-30-17-19(18-31-25)41-27(37)33-26-32-22-20(24-28-8-11-36(24)26)5-6-21(23(22)38-3)40-14-4-9-35-12-15-39-16-13-35/h5-6,17-18,28H,4,7-16H2,1-3H3,(H,29,30,31). The molecule has 0 unspecified atom stereocenters. The Bertz CT molecular complexity index is 1410. The number of ether oxygens (including phenoxy) is 4. The highest BCUT2D eigenvalue weighted by atomic mass is 16.5. The summed E-state index contributed by atoms with van der Waals surface area (Å²) in [7, 11) is 5.55. The number of carbonyl (C=O) groups excluding carboxylic acids is 1. The minimum atomic E-state index is -0.829. The van der Waals surface area contributed by atoms with E-state index in [9.17, 15) is 4.79 Å². The van der Waals surface area contributed by atoms with Gasteiger partial charge in [-0.1, -0.05) is 0 Å². The average molecular weight is 568 g/mol. The number of morpholine rings is 1. The van der Waals surface area contributed by atoms with Crippen molar-refractivity contribution >= 4 is 28.8 Å². The van der Waals surface area contributed by atoms with Crippen LogP contribution in [-0.4, -0.2) is 116 Å². The van der Waals surface area contributed by atoms with Crippen LogP contribution in [0.4, 0.5) is 16.6 Å². The van der Waals surface area contributed by atoms with Gasteiger partial charge in [-0.05, 0) is 32.6 Å². The number of aromatic nitrogens is 4. The third-order valence-corrected chi connectivity index (χ3v) is 6.75. The van der Waals surface area contributed by atoms with Gasteiger partial charge < -0.3 is 34.5 Å². The third kappa shape index (κ3) is 7.20. The van der Waals surface area contributed by atoms with Crippen LogP contribution in [0.15, 0.2) is 29.5 Å². The van der Waals surface area contributed by atoms with Crippen LogP contribution in [0, 0.1) is 0 Å². The van der Waals surface area contributed by atoms with E-state index in [-0.39, 0.29) is 11.4 Å². The van der Waals surface area contributed by atoms with Crippen LogP contribution in [0.1, 0.15) is 6.42 Å². The van der Waals surface area contributed by atoms with Crippen LogP contribution >= 0.6 is 0 Å². The first-order valence-electron chi connectivity index (χ1n) is 13.8. The number of rotatable bonds is 11. The first-order chi connectivity index (χ1) is 20.0. The second-order valence-electron chi connectivity index (χ2n) is 9.94. The SMILES string of the molecule is COc1c(OCCCN2CCOCC2)ccc2c3n(c(=NC(=O)Oc4cnc(NCCN(C)C)nc4)nc12)CCN3. The summed E-state index contributed by atoms with van der Waals surface area (Å²) in [5.74, 6) is 2.51. The maximum absolute atomic E-state index is 12.8. The van der Waals surface area contributed by atoms with E-state index in [1.165, 1.54) is 12.4 Å². The van der Waals surface area contributed by atoms with Crippen molar-refractivity contribution in [1.82, 2.24) is 29.3 Å². The Hall–Kier alpha value is -4.01. The number of amides is 1. The Balaban J connectivity index is 1.32. The fourth-order valence-electron chi connectivity index (χ4n) is 4.70. The molecular weight excluding hydrogens is 530 g/mol. The molecule has 0 spiro atoms. The summed E-state index contributed by atoms with van der Waals surface area (Å²) in [6.45, 7) is 7.72. The van der Waals surface area contributed by atoms with Crippen LogP contribution < -0.4 is 30.5 Å². The molecular formula is C27H37N9O5. The second kappa shape index (κ2) is 13.6. The summed E-state index contributed by atoms with van der Waals surface area (Å²) in [4.78, 5) is 34.4. The van der Waals surface area contributed by atoms with Crippen molar-refractivity contribution in [3.8, 4) is 17.2 Å². The Morgan fingerprint density at radius 3 is 2.76 bits per heavy atom. The maximum Gasteiger partial charge on any atom is 0.442 e. The number of nitrogens with zero attached hydrogens (tertiary/aromatic N) is 7. The fraction of sp³-hybridized carbons (Fsp3) is 0.519. The number of carbonyl (C=O) groups is 1. The molecule has 0 bridgehead atoms. The van der Waals surface area contributed by atoms with Gasteiger partial charge in [-0.3, -0.25) is 9.47 Å². The molecule has 0 atom stereocenters. The van der Waals surface area contributed by atoms with E-state index in [2.05, 4.69) is 30.5 Å². The van der Waals surface area contributed by atoms with Gasteiger partial charge in [0.2, 0.25) is 11.6 Å². The Morgan fingerprint density at radius 2 is 2.00 bits per heavy atom. The summed E-state index contributed by atoms with van der Waals surface area (Å²) >= 11 is 0. The first-order valence-corrected chi connectivity index (χ1v) is 13.8. The summed E-state index contributed by atoms with van der Waals surface area (Å²) in [6.07, 6.45) is 2.90. The van der Waals surface area contributed by atoms with Crippen LogP contribution in [0.3, 0.4) is 0 Å². The van der Waals surface area contributed by atoms with Crippen molar-refractivity contribution in [2.24, 2.45) is 4.99 Å². The molecule has 0 aliphatic carbocycles. The number of likely N-dealkylation sites (N-methyl/N-ethyl adjacent to an activating group) is 1. The Kier molecular flexibility index (Phi) is 9.44. The van der Waals surface area contributed by atoms with E-state index in [0.717, 1.165) is 57.0 Å². The number of methoxy groups -OCH3 is 1. The summed E-state index contributed by atoms with van der Waals surface area (Å²) in [6, 6.07) is 3.84. The molecule has 2 N–H and O–H groups in total. The van der Waals surface area contributed by atoms with Gasteiger partial charge in [-0.25, -0.2) is 19.7 Å². The largest absolute Gasteiger partial charge is 0.491 e. The van der Waals surface area contributed by atoms with Gasteiger partial charge in [0.15, 0.2) is 17.2 Å². The van der Waals surface area contributed by atoms with Crippen LogP contribution in [0.5, 0.6) is 17.2 Å². The van der Waals surface area contributed by atoms with Gasteiger partial charge in [-0.15, -0.1) is 4.99 Å². The number of anilines is 2. The van der Waals surface area contributed by atoms with Gasteiger partial charge >= 0.3 is 6.09 Å². The van der Waals surface area contributed by atoms with E-state index in [1.807, 2.05) is 35.7 Å². The van der Waals surface area contributed by atoms with Crippen molar-refractivity contribution < 1.29 is 23.7 Å². The lowest BCUT2D eigenvalue weighted by molar-refractivity contribution is 0.0357. The molecule has 1 amide bonds. The second-order valence-corrected chi connectivity index (χ2v) is 9.94. The third-order valence-electron chi connectivity index (χ3n) is 6.75. The number of fused-ring (bicyclic) bond motifs is 3. The molecule has 2 aromatic heterocycles. The van der Waals surface area contributed by atoms with Crippen LogP contribution in [0.2, 0.25) is 0 Å². The summed E-state index contributed by atoms with van der Waals surface area (Å²) in [5, 5.41) is 7.32. The molecule has 14 heteroatoms. The first kappa shape index (κ1) is 28.5. The maximum atomic E-state index is 12.8. The molecule has 0 radical (unpaired) electrons. The Labute approximate surface area is 238 Å². The van der Waals surface area contributed by atoms with E-state index in [1.54, 1.807) is 7.11 Å². The zero-order chi connectivity index (χ0) is 28.6. The lowest BCUT2D eigenvalue weighted by Crippen LogP contribution is -2.37. The van der Waals surface area contributed by atoms with Gasteiger partial charge in [0.25, 0.3) is 0 Å². The highest BCUT2D eigenvalue weighted by molar-refractivity contribution is 5.95. The molecule has 2 aliphatic heterocycles. The van der Waals surface area contributed by atoms with Crippen molar-refractivity contribution in [2.45, 2.75) is 13.0 Å². The number of hydrogen-bond donors (Lipinski definition) is 2. The molecule has 1 saturated heterocycles. The highest BCUT2D eigenvalue weighted by Gasteiger charge is 2.21. The molecule has 4 heterocycles. The predicted molar refractivity (Wildman–Crippen MR) is 153 cm³/mol. The number of benzene rings is 1. The number of hydrogen-bond acceptors (Lipinski definition) is 12. The Morgan fingerprint density at radius 1 is 1.20 bits per heavy atom. The molecule has 220 valence electrons. The van der Waals surface area contributed by atoms with Gasteiger partial charge in [0.1, 0.15) is 11.3 Å². The van der Waals surface area contributed by atoms with E-state index >= 15 is 0 Å². The zero-order valence-electron chi connectivity index (χ0n) is 23.8. The average Bonchev–Trinajstić information content (AvgIpc) is 3.47. The smallest absolute Gasteiger partial charge is 0.442 e. The zero-order valence-corrected chi connectivity index (χ0v) is 23.8. The predicted octanol–water partition coefficient (Wildman–Crippen LogP) is 1.43. The van der Waals surface area contributed by atoms with Crippen molar-refractivity contribution in [2.75, 3.05) is 90.9 Å². The molecule has 5 rings (SSSR count). The highest BCUT2D eigenvalue weighted by Crippen LogP contribution is 2.37. The van der Waals surface area contributed by atoms with E-state index < -0.39 is 6.09 Å². The lowest BCUT2D eigenvalue weighted by atomic mass is 10.2. The molecule has 1 aromatic carbocycles. The minimum Gasteiger partial charge on any atom is -0.491 e. The van der Waals surface area contributed by atoms with Crippen LogP contribution in [-0.2, 0) is 11.3 Å². The van der Waals surface area contributed by atoms with Crippen LogP contribution in [0.25, 0.3) is 10.9 Å². The van der Waals surface area contributed by atoms with Gasteiger partial charge in [0, 0.05) is 51.2 Å². The van der Waals surface area contributed by atoms with Crippen molar-refractivity contribution in [1.29, 1.82) is 0 Å². The van der Waals surface area contributed by atoms with Crippen molar-refractivity contribution in [3.63, 3.8) is 0 Å². The monoisotopic (exact) mass is 567 g/mol. The van der Waals surface area contributed by atoms with Gasteiger partial charge in [-0.2, -0.15) is 0 Å². The molecule has 1 fully saturated rings. The van der Waals surface area contributed by atoms with E-state index in [4.69, 9.17) is 23.9 Å². The topological polar surface area (TPSA) is 140 Å². The molecule has 2 aliphatic rings. The normalized spacial score (nSPS) is 15.6.